The van der Waals surface area contributed by atoms with Gasteiger partial charge in [0.1, 0.15) is 0 Å². The molecule has 3 aromatic carbocycles. The van der Waals surface area contributed by atoms with E-state index in [-0.39, 0.29) is 18.5 Å². The molecule has 0 aliphatic carbocycles. The Morgan fingerprint density at radius 2 is 1.70 bits per heavy atom. The molecule has 0 fully saturated rings. The number of para-hydroxylation sites is 1. The summed E-state index contributed by atoms with van der Waals surface area (Å²) < 4.78 is 25.3. The zero-order valence-corrected chi connectivity index (χ0v) is 19.0. The van der Waals surface area contributed by atoms with Gasteiger partial charge in [0.15, 0.2) is 0 Å². The van der Waals surface area contributed by atoms with Crippen LogP contribution in [-0.4, -0.2) is 32.2 Å². The summed E-state index contributed by atoms with van der Waals surface area (Å²) >= 11 is 0. The van der Waals surface area contributed by atoms with Crippen LogP contribution in [0, 0.1) is 0 Å². The Labute approximate surface area is 193 Å². The lowest BCUT2D eigenvalue weighted by molar-refractivity contribution is 0.240. The standard InChI is InChI=1S/C25H26N4O3S/c1-33(31,32)29-20-11-7-8-18(14-20)15-27-25(30)28-16-22(19-9-3-2-4-10-19)23-17-26-24-13-6-5-12-21(23)24/h2-14,17,22,26,29H,15-16H2,1H3,(H2,27,28,30). The molecular formula is C25H26N4O3S. The van der Waals surface area contributed by atoms with E-state index >= 15 is 0 Å². The molecule has 8 heteroatoms. The van der Waals surface area contributed by atoms with Crippen molar-refractivity contribution in [3.63, 3.8) is 0 Å². The molecule has 170 valence electrons. The molecule has 0 aliphatic rings. The number of hydrogen-bond donors (Lipinski definition) is 4. The molecule has 0 saturated carbocycles. The van der Waals surface area contributed by atoms with Crippen molar-refractivity contribution < 1.29 is 13.2 Å². The quantitative estimate of drug-likeness (QED) is 0.316. The third-order valence-electron chi connectivity index (χ3n) is 5.35. The van der Waals surface area contributed by atoms with Gasteiger partial charge in [-0.3, -0.25) is 4.72 Å². The Hall–Kier alpha value is -3.78. The zero-order chi connectivity index (χ0) is 23.3. The van der Waals surface area contributed by atoms with E-state index in [1.165, 1.54) is 0 Å². The summed E-state index contributed by atoms with van der Waals surface area (Å²) in [5.41, 5.74) is 4.54. The summed E-state index contributed by atoms with van der Waals surface area (Å²) in [5.74, 6) is -0.0182. The number of sulfonamides is 1. The first kappa shape index (κ1) is 22.4. The number of aromatic amines is 1. The number of hydrogen-bond acceptors (Lipinski definition) is 3. The fourth-order valence-electron chi connectivity index (χ4n) is 3.87. The molecule has 1 atom stereocenters. The van der Waals surface area contributed by atoms with Crippen molar-refractivity contribution in [1.82, 2.24) is 15.6 Å². The number of nitrogens with one attached hydrogen (secondary N) is 4. The minimum atomic E-state index is -3.36. The Morgan fingerprint density at radius 1 is 0.939 bits per heavy atom. The number of amides is 2. The average Bonchev–Trinajstić information content (AvgIpc) is 3.22. The minimum absolute atomic E-state index is 0.0182. The van der Waals surface area contributed by atoms with Crippen LogP contribution >= 0.6 is 0 Å². The summed E-state index contributed by atoms with van der Waals surface area (Å²) in [6.45, 7) is 0.696. The number of H-pyrrole nitrogens is 1. The van der Waals surface area contributed by atoms with Crippen LogP contribution in [0.2, 0.25) is 0 Å². The molecule has 4 rings (SSSR count). The smallest absolute Gasteiger partial charge is 0.315 e. The van der Waals surface area contributed by atoms with E-state index in [1.807, 2.05) is 48.7 Å². The molecule has 1 aromatic heterocycles. The van der Waals surface area contributed by atoms with Crippen molar-refractivity contribution in [2.75, 3.05) is 17.5 Å². The molecule has 1 unspecified atom stereocenters. The lowest BCUT2D eigenvalue weighted by Gasteiger charge is -2.18. The maximum atomic E-state index is 12.6. The van der Waals surface area contributed by atoms with Crippen molar-refractivity contribution in [2.24, 2.45) is 0 Å². The number of carbonyl (C=O) groups excluding carboxylic acids is 1. The van der Waals surface area contributed by atoms with Crippen molar-refractivity contribution in [3.8, 4) is 0 Å². The van der Waals surface area contributed by atoms with Gasteiger partial charge in [-0.15, -0.1) is 0 Å². The first-order valence-electron chi connectivity index (χ1n) is 10.6. The molecule has 7 nitrogen and oxygen atoms in total. The molecular weight excluding hydrogens is 436 g/mol. The molecule has 33 heavy (non-hydrogen) atoms. The number of anilines is 1. The number of fused-ring (bicyclic) bond motifs is 1. The van der Waals surface area contributed by atoms with E-state index in [0.29, 0.717) is 12.2 Å². The number of rotatable bonds is 8. The normalized spacial score (nSPS) is 12.3. The Kier molecular flexibility index (Phi) is 6.65. The third kappa shape index (κ3) is 5.93. The molecule has 0 spiro atoms. The summed E-state index contributed by atoms with van der Waals surface area (Å²) in [6.07, 6.45) is 3.10. The highest BCUT2D eigenvalue weighted by Crippen LogP contribution is 2.30. The molecule has 4 N–H and O–H groups in total. The van der Waals surface area contributed by atoms with E-state index in [2.05, 4.69) is 38.5 Å². The number of carbonyl (C=O) groups is 1. The zero-order valence-electron chi connectivity index (χ0n) is 18.2. The lowest BCUT2D eigenvalue weighted by atomic mass is 9.91. The monoisotopic (exact) mass is 462 g/mol. The van der Waals surface area contributed by atoms with Gasteiger partial charge in [-0.2, -0.15) is 0 Å². The summed E-state index contributed by atoms with van der Waals surface area (Å²) in [6, 6.07) is 24.8. The van der Waals surface area contributed by atoms with Gasteiger partial charge in [0.25, 0.3) is 0 Å². The van der Waals surface area contributed by atoms with Gasteiger partial charge < -0.3 is 15.6 Å². The summed E-state index contributed by atoms with van der Waals surface area (Å²) in [7, 11) is -3.36. The van der Waals surface area contributed by atoms with Gasteiger partial charge in [0.05, 0.1) is 6.26 Å². The van der Waals surface area contributed by atoms with Gasteiger partial charge in [-0.1, -0.05) is 60.7 Å². The molecule has 2 amide bonds. The van der Waals surface area contributed by atoms with Gasteiger partial charge >= 0.3 is 6.03 Å². The minimum Gasteiger partial charge on any atom is -0.361 e. The molecule has 0 bridgehead atoms. The molecule has 0 radical (unpaired) electrons. The van der Waals surface area contributed by atoms with E-state index in [0.717, 1.165) is 33.8 Å². The topological polar surface area (TPSA) is 103 Å². The fraction of sp³-hybridized carbons (Fsp3) is 0.160. The lowest BCUT2D eigenvalue weighted by Crippen LogP contribution is -2.37. The second-order valence-corrected chi connectivity index (χ2v) is 9.64. The fourth-order valence-corrected chi connectivity index (χ4v) is 4.43. The average molecular weight is 463 g/mol. The Balaban J connectivity index is 1.43. The first-order chi connectivity index (χ1) is 15.9. The van der Waals surface area contributed by atoms with E-state index < -0.39 is 10.0 Å². The van der Waals surface area contributed by atoms with E-state index in [9.17, 15) is 13.2 Å². The summed E-state index contributed by atoms with van der Waals surface area (Å²) in [4.78, 5) is 15.9. The second kappa shape index (κ2) is 9.79. The first-order valence-corrected chi connectivity index (χ1v) is 12.5. The van der Waals surface area contributed by atoms with Crippen molar-refractivity contribution in [2.45, 2.75) is 12.5 Å². The van der Waals surface area contributed by atoms with Gasteiger partial charge in [-0.05, 0) is 34.9 Å². The van der Waals surface area contributed by atoms with Crippen LogP contribution in [0.3, 0.4) is 0 Å². The van der Waals surface area contributed by atoms with Crippen molar-refractivity contribution >= 4 is 32.6 Å². The number of aromatic nitrogens is 1. The molecule has 1 heterocycles. The van der Waals surface area contributed by atoms with Crippen LogP contribution in [-0.2, 0) is 16.6 Å². The van der Waals surface area contributed by atoms with Crippen LogP contribution in [0.4, 0.5) is 10.5 Å². The SMILES string of the molecule is CS(=O)(=O)Nc1cccc(CNC(=O)NCC(c2ccccc2)c2c[nH]c3ccccc23)c1. The largest absolute Gasteiger partial charge is 0.361 e. The van der Waals surface area contributed by atoms with Gasteiger partial charge in [-0.25, -0.2) is 13.2 Å². The summed E-state index contributed by atoms with van der Waals surface area (Å²) in [5, 5.41) is 6.95. The van der Waals surface area contributed by atoms with Crippen LogP contribution in [0.15, 0.2) is 85.1 Å². The van der Waals surface area contributed by atoms with Gasteiger partial charge in [0.2, 0.25) is 10.0 Å². The molecule has 0 saturated heterocycles. The maximum Gasteiger partial charge on any atom is 0.315 e. The number of urea groups is 1. The predicted octanol–water partition coefficient (Wildman–Crippen LogP) is 4.17. The highest BCUT2D eigenvalue weighted by Gasteiger charge is 2.19. The van der Waals surface area contributed by atoms with Crippen LogP contribution in [0.25, 0.3) is 10.9 Å². The van der Waals surface area contributed by atoms with E-state index in [4.69, 9.17) is 0 Å². The van der Waals surface area contributed by atoms with Crippen molar-refractivity contribution in [3.05, 3.63) is 102 Å². The second-order valence-electron chi connectivity index (χ2n) is 7.89. The number of benzene rings is 3. The third-order valence-corrected chi connectivity index (χ3v) is 5.96. The van der Waals surface area contributed by atoms with Crippen LogP contribution in [0.5, 0.6) is 0 Å². The Bertz CT molecular complexity index is 1350. The molecule has 4 aromatic rings. The highest BCUT2D eigenvalue weighted by molar-refractivity contribution is 7.92. The highest BCUT2D eigenvalue weighted by atomic mass is 32.2. The van der Waals surface area contributed by atoms with Gasteiger partial charge in [0, 0.05) is 41.8 Å². The Morgan fingerprint density at radius 3 is 2.48 bits per heavy atom. The van der Waals surface area contributed by atoms with Crippen molar-refractivity contribution in [1.29, 1.82) is 0 Å². The molecule has 0 aliphatic heterocycles. The van der Waals surface area contributed by atoms with Crippen LogP contribution in [0.1, 0.15) is 22.6 Å². The predicted molar refractivity (Wildman–Crippen MR) is 132 cm³/mol. The maximum absolute atomic E-state index is 12.6. The van der Waals surface area contributed by atoms with Crippen LogP contribution < -0.4 is 15.4 Å². The van der Waals surface area contributed by atoms with E-state index in [1.54, 1.807) is 18.2 Å².